The first-order chi connectivity index (χ1) is 17.0. The number of allylic oxidation sites excluding steroid dienone is 5. The van der Waals surface area contributed by atoms with Crippen molar-refractivity contribution in [1.29, 1.82) is 0 Å². The molecule has 35 heavy (non-hydrogen) atoms. The third kappa shape index (κ3) is 14.0. The number of hydrogen-bond acceptors (Lipinski definition) is 5. The van der Waals surface area contributed by atoms with Gasteiger partial charge in [-0.2, -0.15) is 0 Å². The molecule has 0 aromatic heterocycles. The van der Waals surface area contributed by atoms with Gasteiger partial charge in [-0.05, 0) is 47.9 Å². The van der Waals surface area contributed by atoms with Crippen molar-refractivity contribution in [3.8, 4) is 0 Å². The number of amides is 1. The smallest absolute Gasteiger partial charge is 0.224 e. The molecule has 0 fully saturated rings. The van der Waals surface area contributed by atoms with Crippen LogP contribution >= 0.6 is 0 Å². The molecule has 0 aliphatic heterocycles. The van der Waals surface area contributed by atoms with Gasteiger partial charge in [-0.15, -0.1) is 0 Å². The van der Waals surface area contributed by atoms with E-state index in [2.05, 4.69) is 28.6 Å². The van der Waals surface area contributed by atoms with Crippen LogP contribution in [0.25, 0.3) is 0 Å². The second kappa shape index (κ2) is 20.3. The molecule has 1 N–H and O–H groups in total. The molecule has 0 saturated heterocycles. The van der Waals surface area contributed by atoms with Gasteiger partial charge in [0.1, 0.15) is 6.29 Å². The molecule has 1 aromatic carbocycles. The Labute approximate surface area is 213 Å². The average Bonchev–Trinajstić information content (AvgIpc) is 2.87. The number of methoxy groups -OCH3 is 1. The Bertz CT molecular complexity index is 843. The van der Waals surface area contributed by atoms with E-state index in [1.54, 1.807) is 14.2 Å². The normalized spacial score (nSPS) is 11.5. The molecule has 194 valence electrons. The highest BCUT2D eigenvalue weighted by atomic mass is 16.5. The van der Waals surface area contributed by atoms with E-state index in [1.165, 1.54) is 0 Å². The number of carbonyl (C=O) groups excluding carboxylic acids is 2. The van der Waals surface area contributed by atoms with Crippen LogP contribution in [0.4, 0.5) is 0 Å². The van der Waals surface area contributed by atoms with Crippen molar-refractivity contribution in [2.24, 2.45) is 0 Å². The van der Waals surface area contributed by atoms with Crippen molar-refractivity contribution in [1.82, 2.24) is 15.1 Å². The number of benzene rings is 1. The van der Waals surface area contributed by atoms with Crippen LogP contribution in [0.3, 0.4) is 0 Å². The number of hydrogen-bond donors (Lipinski definition) is 1. The van der Waals surface area contributed by atoms with Gasteiger partial charge in [-0.25, -0.2) is 0 Å². The molecule has 0 saturated carbocycles. The Balaban J connectivity index is 0.00000562. The summed E-state index contributed by atoms with van der Waals surface area (Å²) in [5.74, 6) is -0.00115. The van der Waals surface area contributed by atoms with E-state index < -0.39 is 0 Å². The van der Waals surface area contributed by atoms with Gasteiger partial charge in [0.25, 0.3) is 0 Å². The molecule has 0 aliphatic carbocycles. The fraction of sp³-hybridized carbons (Fsp3) is 0.448. The number of nitrogens with zero attached hydrogens (tertiary/aromatic N) is 2. The maximum Gasteiger partial charge on any atom is 0.224 e. The van der Waals surface area contributed by atoms with Gasteiger partial charge in [0, 0.05) is 46.5 Å². The third-order valence-corrected chi connectivity index (χ3v) is 5.03. The summed E-state index contributed by atoms with van der Waals surface area (Å²) in [6.07, 6.45) is 12.4. The highest BCUT2D eigenvalue weighted by Crippen LogP contribution is 2.11. The second-order valence-corrected chi connectivity index (χ2v) is 7.81. The van der Waals surface area contributed by atoms with Crippen molar-refractivity contribution in [3.63, 3.8) is 0 Å². The van der Waals surface area contributed by atoms with E-state index in [4.69, 9.17) is 4.74 Å². The van der Waals surface area contributed by atoms with E-state index in [1.807, 2.05) is 75.7 Å². The number of nitrogens with one attached hydrogen (secondary N) is 1. The maximum absolute atomic E-state index is 11.6. The molecule has 0 unspecified atom stereocenters. The largest absolute Gasteiger partial charge is 0.383 e. The molecule has 0 heterocycles. The van der Waals surface area contributed by atoms with Crippen LogP contribution in [0.2, 0.25) is 0 Å². The minimum absolute atomic E-state index is 0.00115. The number of rotatable bonds is 16. The minimum Gasteiger partial charge on any atom is -0.383 e. The fourth-order valence-corrected chi connectivity index (χ4v) is 3.31. The van der Waals surface area contributed by atoms with E-state index in [-0.39, 0.29) is 5.91 Å². The number of ether oxygens (including phenoxy) is 1. The summed E-state index contributed by atoms with van der Waals surface area (Å²) in [5, 5.41) is 2.65. The summed E-state index contributed by atoms with van der Waals surface area (Å²) in [6, 6.07) is 8.01. The summed E-state index contributed by atoms with van der Waals surface area (Å²) in [4.78, 5) is 27.4. The zero-order chi connectivity index (χ0) is 26.5. The van der Waals surface area contributed by atoms with Gasteiger partial charge in [0.05, 0.1) is 13.0 Å². The van der Waals surface area contributed by atoms with Crippen molar-refractivity contribution >= 4 is 12.2 Å². The van der Waals surface area contributed by atoms with Gasteiger partial charge < -0.3 is 19.9 Å². The van der Waals surface area contributed by atoms with Crippen LogP contribution in [0.1, 0.15) is 44.7 Å². The predicted molar refractivity (Wildman–Crippen MR) is 147 cm³/mol. The molecule has 1 aromatic rings. The summed E-state index contributed by atoms with van der Waals surface area (Å²) in [5.41, 5.74) is 3.78. The summed E-state index contributed by atoms with van der Waals surface area (Å²) < 4.78 is 5.20. The van der Waals surface area contributed by atoms with Crippen LogP contribution in [0, 0.1) is 0 Å². The van der Waals surface area contributed by atoms with Crippen molar-refractivity contribution in [3.05, 3.63) is 83.7 Å². The monoisotopic (exact) mass is 483 g/mol. The first kappa shape index (κ1) is 31.9. The lowest BCUT2D eigenvalue weighted by Gasteiger charge is -2.24. The molecule has 0 spiro atoms. The quantitative estimate of drug-likeness (QED) is 0.206. The molecular weight excluding hydrogens is 438 g/mol. The van der Waals surface area contributed by atoms with Crippen LogP contribution < -0.4 is 5.32 Å². The first-order valence-electron chi connectivity index (χ1n) is 12.3. The van der Waals surface area contributed by atoms with E-state index >= 15 is 0 Å². The van der Waals surface area contributed by atoms with Gasteiger partial charge in [0.2, 0.25) is 5.91 Å². The van der Waals surface area contributed by atoms with E-state index in [0.717, 1.165) is 42.6 Å². The fourth-order valence-electron chi connectivity index (χ4n) is 3.31. The Hall–Kier alpha value is -3.12. The number of carbonyl (C=O) groups is 2. The molecular formula is C29H45N3O3. The number of aldehydes is 1. The first-order valence-corrected chi connectivity index (χ1v) is 12.3. The van der Waals surface area contributed by atoms with Crippen molar-refractivity contribution in [2.75, 3.05) is 40.9 Å². The standard InChI is InChI=1S/C27H39N3O3.C2H6/c1-6-15-30(17-18-33-5)26(7-2)14-13-23(22-31)12-9-16-29(4)21-25-11-8-10-24(19-25)20-27(32)28-3;1-2/h7-11,13-14,16,19,22H,2,6,12,15,17-18,20-21H2,1,3-5H3,(H,28,32);1-2H3/b16-9-,23-13+,26-14+;. The topological polar surface area (TPSA) is 61.9 Å². The van der Waals surface area contributed by atoms with Crippen molar-refractivity contribution in [2.45, 2.75) is 46.6 Å². The molecule has 0 aliphatic rings. The maximum atomic E-state index is 11.6. The summed E-state index contributed by atoms with van der Waals surface area (Å²) >= 11 is 0. The van der Waals surface area contributed by atoms with Crippen LogP contribution in [0.5, 0.6) is 0 Å². The van der Waals surface area contributed by atoms with Crippen LogP contribution in [-0.4, -0.2) is 62.9 Å². The van der Waals surface area contributed by atoms with Gasteiger partial charge in [0.15, 0.2) is 0 Å². The van der Waals surface area contributed by atoms with Gasteiger partial charge in [-0.3, -0.25) is 9.59 Å². The Kier molecular flexibility index (Phi) is 18.5. The Morgan fingerprint density at radius 2 is 1.89 bits per heavy atom. The molecule has 1 amide bonds. The molecule has 0 atom stereocenters. The average molecular weight is 484 g/mol. The Morgan fingerprint density at radius 1 is 1.17 bits per heavy atom. The second-order valence-electron chi connectivity index (χ2n) is 7.81. The molecule has 1 rings (SSSR count). The van der Waals surface area contributed by atoms with Gasteiger partial charge in [-0.1, -0.05) is 63.8 Å². The molecule has 6 nitrogen and oxygen atoms in total. The zero-order valence-corrected chi connectivity index (χ0v) is 22.5. The van der Waals surface area contributed by atoms with Crippen LogP contribution in [0.15, 0.2) is 72.6 Å². The molecule has 0 radical (unpaired) electrons. The van der Waals surface area contributed by atoms with Crippen molar-refractivity contribution < 1.29 is 14.3 Å². The molecule has 6 heteroatoms. The summed E-state index contributed by atoms with van der Waals surface area (Å²) in [6.45, 7) is 13.1. The molecule has 0 bridgehead atoms. The number of likely N-dealkylation sites (N-methyl/N-ethyl adjacent to an activating group) is 1. The third-order valence-electron chi connectivity index (χ3n) is 5.03. The summed E-state index contributed by atoms with van der Waals surface area (Å²) in [7, 11) is 5.32. The minimum atomic E-state index is -0.00115. The lowest BCUT2D eigenvalue weighted by molar-refractivity contribution is -0.120. The van der Waals surface area contributed by atoms with Gasteiger partial charge >= 0.3 is 0 Å². The lowest BCUT2D eigenvalue weighted by Crippen LogP contribution is -2.26. The SMILES string of the molecule is C=C/C(=C\C=C(\C=O)C/C=C\N(C)Cc1cccc(CC(=O)NC)c1)N(CCC)CCOC.CC. The zero-order valence-electron chi connectivity index (χ0n) is 22.5. The predicted octanol–water partition coefficient (Wildman–Crippen LogP) is 4.89. The lowest BCUT2D eigenvalue weighted by atomic mass is 10.1. The highest BCUT2D eigenvalue weighted by Gasteiger charge is 2.05. The van der Waals surface area contributed by atoms with Crippen LogP contribution in [-0.2, 0) is 27.3 Å². The Morgan fingerprint density at radius 3 is 2.49 bits per heavy atom. The van der Waals surface area contributed by atoms with E-state index in [9.17, 15) is 9.59 Å². The highest BCUT2D eigenvalue weighted by molar-refractivity contribution is 5.78. The van der Waals surface area contributed by atoms with E-state index in [0.29, 0.717) is 31.6 Å².